The van der Waals surface area contributed by atoms with Crippen LogP contribution < -0.4 is 0 Å². The van der Waals surface area contributed by atoms with Gasteiger partial charge in [0, 0.05) is 37.2 Å². The first kappa shape index (κ1) is 17.6. The summed E-state index contributed by atoms with van der Waals surface area (Å²) in [6.45, 7) is 5.70. The number of aryl methyl sites for hydroxylation is 1. The molecular formula is C17H22N4O4S. The standard InChI is InChI=1S/C17H22N4O4S/c1-3-26(22,23)21-6-4-14-13(9-21)8-18-11(2)15(14)16-19-17(25-20-16)12-5-7-24-10-12/h8,12H,3-7,9-10H2,1-2H3. The summed E-state index contributed by atoms with van der Waals surface area (Å²) >= 11 is 0. The Morgan fingerprint density at radius 1 is 1.38 bits per heavy atom. The van der Waals surface area contributed by atoms with Crippen LogP contribution in [0.1, 0.15) is 42.0 Å². The lowest BCUT2D eigenvalue weighted by molar-refractivity contribution is 0.189. The molecule has 1 saturated heterocycles. The van der Waals surface area contributed by atoms with Gasteiger partial charge in [-0.15, -0.1) is 0 Å². The van der Waals surface area contributed by atoms with E-state index >= 15 is 0 Å². The summed E-state index contributed by atoms with van der Waals surface area (Å²) in [4.78, 5) is 9.04. The van der Waals surface area contributed by atoms with Crippen molar-refractivity contribution in [2.45, 2.75) is 39.2 Å². The number of pyridine rings is 1. The topological polar surface area (TPSA) is 98.4 Å². The quantitative estimate of drug-likeness (QED) is 0.798. The average molecular weight is 378 g/mol. The Morgan fingerprint density at radius 3 is 2.96 bits per heavy atom. The maximum Gasteiger partial charge on any atom is 0.232 e. The highest BCUT2D eigenvalue weighted by atomic mass is 32.2. The second kappa shape index (κ2) is 6.71. The smallest absolute Gasteiger partial charge is 0.232 e. The number of aromatic nitrogens is 3. The molecule has 0 radical (unpaired) electrons. The van der Waals surface area contributed by atoms with Crippen molar-refractivity contribution in [3.05, 3.63) is 28.9 Å². The molecule has 1 atom stereocenters. The van der Waals surface area contributed by atoms with Crippen molar-refractivity contribution in [3.8, 4) is 11.4 Å². The summed E-state index contributed by atoms with van der Waals surface area (Å²) in [5.41, 5.74) is 3.66. The summed E-state index contributed by atoms with van der Waals surface area (Å²) < 4.78 is 36.8. The van der Waals surface area contributed by atoms with Crippen molar-refractivity contribution in [1.82, 2.24) is 19.4 Å². The summed E-state index contributed by atoms with van der Waals surface area (Å²) in [6.07, 6.45) is 3.26. The Bertz CT molecular complexity index is 919. The zero-order valence-electron chi connectivity index (χ0n) is 14.9. The van der Waals surface area contributed by atoms with E-state index in [1.54, 1.807) is 13.1 Å². The van der Waals surface area contributed by atoms with Crippen LogP contribution in [0.2, 0.25) is 0 Å². The Morgan fingerprint density at radius 2 is 2.23 bits per heavy atom. The van der Waals surface area contributed by atoms with E-state index < -0.39 is 10.0 Å². The molecule has 0 spiro atoms. The van der Waals surface area contributed by atoms with Gasteiger partial charge in [-0.3, -0.25) is 4.98 Å². The molecule has 4 rings (SSSR count). The Labute approximate surface area is 152 Å². The van der Waals surface area contributed by atoms with Gasteiger partial charge in [-0.2, -0.15) is 9.29 Å². The monoisotopic (exact) mass is 378 g/mol. The maximum atomic E-state index is 12.2. The second-order valence-electron chi connectivity index (χ2n) is 6.72. The molecule has 2 aliphatic heterocycles. The van der Waals surface area contributed by atoms with Crippen LogP contribution in [0, 0.1) is 6.92 Å². The van der Waals surface area contributed by atoms with Crippen LogP contribution >= 0.6 is 0 Å². The van der Waals surface area contributed by atoms with Crippen LogP contribution in [0.5, 0.6) is 0 Å². The lowest BCUT2D eigenvalue weighted by Gasteiger charge is -2.28. The largest absolute Gasteiger partial charge is 0.381 e. The van der Waals surface area contributed by atoms with Gasteiger partial charge in [-0.25, -0.2) is 8.42 Å². The van der Waals surface area contributed by atoms with E-state index in [9.17, 15) is 8.42 Å². The highest BCUT2D eigenvalue weighted by molar-refractivity contribution is 7.89. The second-order valence-corrected chi connectivity index (χ2v) is 8.98. The highest BCUT2D eigenvalue weighted by Crippen LogP contribution is 2.33. The van der Waals surface area contributed by atoms with E-state index in [0.29, 0.717) is 44.4 Å². The minimum Gasteiger partial charge on any atom is -0.381 e. The molecule has 0 amide bonds. The first-order valence-corrected chi connectivity index (χ1v) is 10.5. The number of sulfonamides is 1. The minimum atomic E-state index is -3.22. The van der Waals surface area contributed by atoms with E-state index in [1.807, 2.05) is 6.92 Å². The molecular weight excluding hydrogens is 356 g/mol. The van der Waals surface area contributed by atoms with Gasteiger partial charge in [0.15, 0.2) is 0 Å². The van der Waals surface area contributed by atoms with Gasteiger partial charge >= 0.3 is 0 Å². The molecule has 1 unspecified atom stereocenters. The van der Waals surface area contributed by atoms with Crippen LogP contribution in [0.4, 0.5) is 0 Å². The molecule has 8 nitrogen and oxygen atoms in total. The molecule has 2 aromatic rings. The minimum absolute atomic E-state index is 0.103. The number of nitrogens with zero attached hydrogens (tertiary/aromatic N) is 4. The van der Waals surface area contributed by atoms with Crippen molar-refractivity contribution < 1.29 is 17.7 Å². The van der Waals surface area contributed by atoms with Crippen LogP contribution in [-0.2, 0) is 27.7 Å². The molecule has 26 heavy (non-hydrogen) atoms. The van der Waals surface area contributed by atoms with E-state index in [2.05, 4.69) is 15.1 Å². The Hall–Kier alpha value is -1.84. The summed E-state index contributed by atoms with van der Waals surface area (Å²) in [6, 6.07) is 0. The maximum absolute atomic E-state index is 12.2. The lowest BCUT2D eigenvalue weighted by Crippen LogP contribution is -2.37. The average Bonchev–Trinajstić information content (AvgIpc) is 3.32. The van der Waals surface area contributed by atoms with E-state index in [0.717, 1.165) is 28.8 Å². The van der Waals surface area contributed by atoms with Gasteiger partial charge in [0.05, 0.1) is 18.3 Å². The summed E-state index contributed by atoms with van der Waals surface area (Å²) in [5.74, 6) is 1.38. The van der Waals surface area contributed by atoms with Crippen LogP contribution in [0.3, 0.4) is 0 Å². The zero-order chi connectivity index (χ0) is 18.3. The van der Waals surface area contributed by atoms with Crippen LogP contribution in [-0.4, -0.2) is 53.4 Å². The molecule has 0 saturated carbocycles. The van der Waals surface area contributed by atoms with Crippen molar-refractivity contribution in [2.24, 2.45) is 0 Å². The Kier molecular flexibility index (Phi) is 4.54. The lowest BCUT2D eigenvalue weighted by atomic mass is 9.95. The van der Waals surface area contributed by atoms with Gasteiger partial charge in [0.1, 0.15) is 0 Å². The molecule has 9 heteroatoms. The third kappa shape index (κ3) is 3.04. The fourth-order valence-corrected chi connectivity index (χ4v) is 4.64. The number of fused-ring (bicyclic) bond motifs is 1. The third-order valence-electron chi connectivity index (χ3n) is 5.13. The Balaban J connectivity index is 1.69. The number of hydrogen-bond acceptors (Lipinski definition) is 7. The molecule has 0 bridgehead atoms. The van der Waals surface area contributed by atoms with Crippen molar-refractivity contribution >= 4 is 10.0 Å². The number of ether oxygens (including phenoxy) is 1. The van der Waals surface area contributed by atoms with Crippen LogP contribution in [0.15, 0.2) is 10.7 Å². The molecule has 140 valence electrons. The van der Waals surface area contributed by atoms with E-state index in [1.165, 1.54) is 4.31 Å². The summed E-state index contributed by atoms with van der Waals surface area (Å²) in [5, 5.41) is 4.17. The third-order valence-corrected chi connectivity index (χ3v) is 6.95. The van der Waals surface area contributed by atoms with E-state index in [-0.39, 0.29) is 11.7 Å². The van der Waals surface area contributed by atoms with Gasteiger partial charge in [-0.05, 0) is 37.8 Å². The SMILES string of the molecule is CCS(=O)(=O)N1CCc2c(cnc(C)c2-c2noc(C3CCOC3)n2)C1. The molecule has 0 aromatic carbocycles. The molecule has 4 heterocycles. The molecule has 1 fully saturated rings. The van der Waals surface area contributed by atoms with Crippen molar-refractivity contribution in [3.63, 3.8) is 0 Å². The van der Waals surface area contributed by atoms with Gasteiger partial charge in [-0.1, -0.05) is 5.16 Å². The predicted molar refractivity (Wildman–Crippen MR) is 94.0 cm³/mol. The molecule has 2 aromatic heterocycles. The molecule has 0 aliphatic carbocycles. The predicted octanol–water partition coefficient (Wildman–Crippen LogP) is 1.65. The van der Waals surface area contributed by atoms with Gasteiger partial charge < -0.3 is 9.26 Å². The molecule has 2 aliphatic rings. The normalized spacial score (nSPS) is 21.1. The molecule has 0 N–H and O–H groups in total. The fourth-order valence-electron chi connectivity index (χ4n) is 3.57. The summed E-state index contributed by atoms with van der Waals surface area (Å²) in [7, 11) is -3.22. The zero-order valence-corrected chi connectivity index (χ0v) is 15.8. The number of hydrogen-bond donors (Lipinski definition) is 0. The fraction of sp³-hybridized carbons (Fsp3) is 0.588. The van der Waals surface area contributed by atoms with E-state index in [4.69, 9.17) is 9.26 Å². The van der Waals surface area contributed by atoms with Crippen molar-refractivity contribution in [2.75, 3.05) is 25.5 Å². The first-order chi connectivity index (χ1) is 12.5. The van der Waals surface area contributed by atoms with Crippen molar-refractivity contribution in [1.29, 1.82) is 0 Å². The highest BCUT2D eigenvalue weighted by Gasteiger charge is 2.30. The number of rotatable bonds is 4. The first-order valence-electron chi connectivity index (χ1n) is 8.86. The van der Waals surface area contributed by atoms with Gasteiger partial charge in [0.25, 0.3) is 0 Å². The van der Waals surface area contributed by atoms with Crippen LogP contribution in [0.25, 0.3) is 11.4 Å². The van der Waals surface area contributed by atoms with Gasteiger partial charge in [0.2, 0.25) is 21.7 Å².